The van der Waals surface area contributed by atoms with Crippen LogP contribution in [0.5, 0.6) is 5.88 Å². The number of piperidine rings is 1. The molecule has 1 aliphatic carbocycles. The highest BCUT2D eigenvalue weighted by Gasteiger charge is 2.18. The Balaban J connectivity index is 1.58. The first-order valence-corrected chi connectivity index (χ1v) is 7.37. The number of nitrogens with zero attached hydrogens (tertiary/aromatic N) is 2. The van der Waals surface area contributed by atoms with E-state index in [1.165, 1.54) is 25.7 Å². The lowest BCUT2D eigenvalue weighted by Gasteiger charge is -2.23. The summed E-state index contributed by atoms with van der Waals surface area (Å²) >= 11 is 0. The molecule has 2 aliphatic rings. The molecule has 3 rings (SSSR count). The molecule has 1 saturated carbocycles. The number of aromatic nitrogens is 2. The fraction of sp³-hybridized carbons (Fsp3) is 0.714. The molecule has 1 aromatic heterocycles. The van der Waals surface area contributed by atoms with Gasteiger partial charge >= 0.3 is 0 Å². The van der Waals surface area contributed by atoms with Crippen molar-refractivity contribution in [1.29, 1.82) is 0 Å². The summed E-state index contributed by atoms with van der Waals surface area (Å²) in [6.07, 6.45) is 9.34. The Morgan fingerprint density at radius 1 is 1.21 bits per heavy atom. The van der Waals surface area contributed by atoms with Crippen molar-refractivity contribution in [2.45, 2.75) is 50.7 Å². The molecule has 2 heterocycles. The zero-order valence-corrected chi connectivity index (χ0v) is 11.3. The van der Waals surface area contributed by atoms with Crippen LogP contribution < -0.4 is 15.4 Å². The minimum atomic E-state index is 0.346. The van der Waals surface area contributed by atoms with Gasteiger partial charge in [-0.25, -0.2) is 4.98 Å². The average Bonchev–Trinajstić information content (AvgIpc) is 2.93. The van der Waals surface area contributed by atoms with E-state index in [0.29, 0.717) is 24.0 Å². The van der Waals surface area contributed by atoms with Crippen molar-refractivity contribution >= 4 is 5.95 Å². The first kappa shape index (κ1) is 12.7. The Kier molecular flexibility index (Phi) is 4.13. The predicted molar refractivity (Wildman–Crippen MR) is 74.4 cm³/mol. The molecule has 5 heteroatoms. The van der Waals surface area contributed by atoms with E-state index in [1.807, 2.05) is 6.07 Å². The molecule has 2 N–H and O–H groups in total. The highest BCUT2D eigenvalue weighted by Crippen LogP contribution is 2.23. The smallest absolute Gasteiger partial charge is 0.226 e. The Morgan fingerprint density at radius 3 is 2.89 bits per heavy atom. The molecule has 1 unspecified atom stereocenters. The number of anilines is 1. The quantitative estimate of drug-likeness (QED) is 0.868. The van der Waals surface area contributed by atoms with Crippen LogP contribution in [0.4, 0.5) is 5.95 Å². The third kappa shape index (κ3) is 3.56. The van der Waals surface area contributed by atoms with Gasteiger partial charge in [-0.05, 0) is 45.1 Å². The monoisotopic (exact) mass is 262 g/mol. The summed E-state index contributed by atoms with van der Waals surface area (Å²) in [5.41, 5.74) is 0. The number of rotatable bonds is 4. The van der Waals surface area contributed by atoms with Gasteiger partial charge in [0.25, 0.3) is 0 Å². The molecule has 1 aromatic rings. The van der Waals surface area contributed by atoms with Crippen LogP contribution in [0.15, 0.2) is 12.3 Å². The van der Waals surface area contributed by atoms with E-state index < -0.39 is 0 Å². The van der Waals surface area contributed by atoms with Crippen molar-refractivity contribution in [3.63, 3.8) is 0 Å². The summed E-state index contributed by atoms with van der Waals surface area (Å²) in [5.74, 6) is 1.39. The highest BCUT2D eigenvalue weighted by atomic mass is 16.5. The fourth-order valence-electron chi connectivity index (χ4n) is 2.81. The normalized spacial score (nSPS) is 24.3. The first-order valence-electron chi connectivity index (χ1n) is 7.37. The minimum absolute atomic E-state index is 0.346. The second-order valence-corrected chi connectivity index (χ2v) is 5.43. The van der Waals surface area contributed by atoms with Crippen molar-refractivity contribution in [2.75, 3.05) is 18.4 Å². The number of hydrogen-bond donors (Lipinski definition) is 2. The average molecular weight is 262 g/mol. The molecule has 0 aromatic carbocycles. The van der Waals surface area contributed by atoms with Gasteiger partial charge in [0.1, 0.15) is 6.10 Å². The molecule has 1 atom stereocenters. The second kappa shape index (κ2) is 6.19. The molecule has 5 nitrogen and oxygen atoms in total. The Labute approximate surface area is 114 Å². The lowest BCUT2D eigenvalue weighted by molar-refractivity contribution is 0.201. The van der Waals surface area contributed by atoms with Gasteiger partial charge in [0, 0.05) is 24.8 Å². The third-order valence-electron chi connectivity index (χ3n) is 3.85. The van der Waals surface area contributed by atoms with Crippen LogP contribution in [0, 0.1) is 0 Å². The van der Waals surface area contributed by atoms with Crippen molar-refractivity contribution in [3.8, 4) is 5.88 Å². The third-order valence-corrected chi connectivity index (χ3v) is 3.85. The molecule has 19 heavy (non-hydrogen) atoms. The lowest BCUT2D eigenvalue weighted by atomic mass is 10.1. The largest absolute Gasteiger partial charge is 0.474 e. The van der Waals surface area contributed by atoms with E-state index in [2.05, 4.69) is 20.6 Å². The summed E-state index contributed by atoms with van der Waals surface area (Å²) in [4.78, 5) is 8.74. The Hall–Kier alpha value is -1.36. The van der Waals surface area contributed by atoms with Crippen molar-refractivity contribution < 1.29 is 4.74 Å². The predicted octanol–water partition coefficient (Wildman–Crippen LogP) is 1.96. The summed E-state index contributed by atoms with van der Waals surface area (Å²) in [6.45, 7) is 2.10. The molecule has 0 radical (unpaired) electrons. The van der Waals surface area contributed by atoms with Crippen LogP contribution in [0.25, 0.3) is 0 Å². The van der Waals surface area contributed by atoms with Crippen LogP contribution in [0.3, 0.4) is 0 Å². The Bertz CT molecular complexity index is 400. The maximum atomic E-state index is 5.90. The minimum Gasteiger partial charge on any atom is -0.474 e. The van der Waals surface area contributed by atoms with E-state index in [4.69, 9.17) is 4.74 Å². The van der Waals surface area contributed by atoms with Crippen molar-refractivity contribution in [1.82, 2.24) is 15.3 Å². The van der Waals surface area contributed by atoms with E-state index >= 15 is 0 Å². The van der Waals surface area contributed by atoms with Crippen LogP contribution in [-0.2, 0) is 0 Å². The molecule has 104 valence electrons. The fourth-order valence-corrected chi connectivity index (χ4v) is 2.81. The molecular formula is C14H22N4O. The van der Waals surface area contributed by atoms with Crippen molar-refractivity contribution in [3.05, 3.63) is 12.3 Å². The van der Waals surface area contributed by atoms with E-state index in [0.717, 1.165) is 25.9 Å². The molecule has 2 fully saturated rings. The zero-order valence-electron chi connectivity index (χ0n) is 11.3. The zero-order chi connectivity index (χ0) is 12.9. The van der Waals surface area contributed by atoms with Crippen LogP contribution in [-0.4, -0.2) is 35.2 Å². The molecule has 1 saturated heterocycles. The number of hydrogen-bond acceptors (Lipinski definition) is 5. The number of nitrogens with one attached hydrogen (secondary N) is 2. The highest BCUT2D eigenvalue weighted by molar-refractivity contribution is 5.29. The van der Waals surface area contributed by atoms with E-state index in [1.54, 1.807) is 6.20 Å². The maximum Gasteiger partial charge on any atom is 0.226 e. The maximum absolute atomic E-state index is 5.90. The van der Waals surface area contributed by atoms with E-state index in [9.17, 15) is 0 Å². The van der Waals surface area contributed by atoms with Gasteiger partial charge in [0.05, 0.1) is 0 Å². The van der Waals surface area contributed by atoms with Crippen LogP contribution in [0.1, 0.15) is 38.5 Å². The van der Waals surface area contributed by atoms with Gasteiger partial charge < -0.3 is 15.4 Å². The second-order valence-electron chi connectivity index (χ2n) is 5.43. The number of ether oxygens (including phenoxy) is 1. The van der Waals surface area contributed by atoms with Gasteiger partial charge in [-0.3, -0.25) is 0 Å². The van der Waals surface area contributed by atoms with Gasteiger partial charge in [0.2, 0.25) is 11.8 Å². The standard InChI is InChI=1S/C14H22N4O/c1-2-6-12(5-1)19-13-7-9-16-14(18-13)17-11-4-3-8-15-10-11/h7,9,11-12,15H,1-6,8,10H2,(H,16,17,18). The molecule has 1 aliphatic heterocycles. The van der Waals surface area contributed by atoms with Gasteiger partial charge in [-0.15, -0.1) is 0 Å². The van der Waals surface area contributed by atoms with Gasteiger partial charge in [-0.2, -0.15) is 4.98 Å². The SMILES string of the molecule is c1cc(OC2CCCC2)nc(NC2CCCNC2)n1. The van der Waals surface area contributed by atoms with Crippen molar-refractivity contribution in [2.24, 2.45) is 0 Å². The van der Waals surface area contributed by atoms with Crippen LogP contribution >= 0.6 is 0 Å². The topological polar surface area (TPSA) is 59.1 Å². The Morgan fingerprint density at radius 2 is 2.11 bits per heavy atom. The summed E-state index contributed by atoms with van der Waals surface area (Å²) < 4.78 is 5.90. The summed E-state index contributed by atoms with van der Waals surface area (Å²) in [6, 6.07) is 2.28. The molecule has 0 spiro atoms. The lowest BCUT2D eigenvalue weighted by Crippen LogP contribution is -2.38. The van der Waals surface area contributed by atoms with Gasteiger partial charge in [-0.1, -0.05) is 0 Å². The van der Waals surface area contributed by atoms with Crippen LogP contribution in [0.2, 0.25) is 0 Å². The first-order chi connectivity index (χ1) is 9.40. The summed E-state index contributed by atoms with van der Waals surface area (Å²) in [7, 11) is 0. The molecule has 0 amide bonds. The molecule has 0 bridgehead atoms. The summed E-state index contributed by atoms with van der Waals surface area (Å²) in [5, 5.41) is 6.76. The molecular weight excluding hydrogens is 240 g/mol. The van der Waals surface area contributed by atoms with E-state index in [-0.39, 0.29) is 0 Å². The van der Waals surface area contributed by atoms with Gasteiger partial charge in [0.15, 0.2) is 0 Å².